The summed E-state index contributed by atoms with van der Waals surface area (Å²) < 4.78 is 1.92. The Bertz CT molecular complexity index is 1420. The van der Waals surface area contributed by atoms with Crippen LogP contribution in [0.4, 0.5) is 5.69 Å². The monoisotopic (exact) mass is 520 g/mol. The van der Waals surface area contributed by atoms with E-state index in [4.69, 9.17) is 11.6 Å². The lowest BCUT2D eigenvalue weighted by molar-refractivity contribution is -0.120. The van der Waals surface area contributed by atoms with Crippen molar-refractivity contribution < 1.29 is 9.90 Å². The van der Waals surface area contributed by atoms with Gasteiger partial charge in [0.2, 0.25) is 0 Å². The number of thioether (sulfide) groups is 1. The second-order valence-electron chi connectivity index (χ2n) is 7.88. The number of amides is 1. The summed E-state index contributed by atoms with van der Waals surface area (Å²) in [5.41, 5.74) is 3.89. The lowest BCUT2D eigenvalue weighted by Gasteiger charge is -2.13. The summed E-state index contributed by atoms with van der Waals surface area (Å²) in [4.78, 5) is 12.6. The Kier molecular flexibility index (Phi) is 8.24. The first-order valence-electron chi connectivity index (χ1n) is 11.2. The molecular weight excluding hydrogens is 496 g/mol. The Morgan fingerprint density at radius 1 is 1.22 bits per heavy atom. The minimum Gasteiger partial charge on any atom is -0.507 e. The minimum atomic E-state index is -0.498. The van der Waals surface area contributed by atoms with Crippen LogP contribution in [0.15, 0.2) is 83.6 Å². The highest BCUT2D eigenvalue weighted by atomic mass is 35.5. The maximum atomic E-state index is 12.6. The number of carbonyl (C=O) groups is 1. The van der Waals surface area contributed by atoms with Gasteiger partial charge in [-0.1, -0.05) is 65.8 Å². The van der Waals surface area contributed by atoms with Gasteiger partial charge in [0, 0.05) is 28.2 Å². The third kappa shape index (κ3) is 6.05. The van der Waals surface area contributed by atoms with Crippen molar-refractivity contribution in [1.29, 1.82) is 0 Å². The number of fused-ring (bicyclic) bond motifs is 1. The summed E-state index contributed by atoms with van der Waals surface area (Å²) in [6, 6.07) is 18.9. The van der Waals surface area contributed by atoms with Gasteiger partial charge in [0.25, 0.3) is 5.91 Å². The predicted molar refractivity (Wildman–Crippen MR) is 146 cm³/mol. The molecule has 3 aromatic carbocycles. The molecule has 0 aliphatic heterocycles. The molecular formula is C26H25ClN6O2S. The fourth-order valence-electron chi connectivity index (χ4n) is 3.50. The number of aromatic nitrogens is 3. The van der Waals surface area contributed by atoms with E-state index >= 15 is 0 Å². The highest BCUT2D eigenvalue weighted by Crippen LogP contribution is 2.26. The highest BCUT2D eigenvalue weighted by Gasteiger charge is 2.20. The molecule has 1 aromatic heterocycles. The van der Waals surface area contributed by atoms with Crippen LogP contribution in [0.25, 0.3) is 10.8 Å². The number of carbonyl (C=O) groups excluding carboxylic acids is 1. The standard InChI is InChI=1S/C26H25ClN6O2S/c1-3-13-33-24(16-28-22-10-6-8-18-7-4-5-9-21(18)22)30-32-26(33)36-17(2)25(35)31-29-15-19-14-20(27)11-12-23(19)34/h3-12,14-15,17,28,34H,1,13,16H2,2H3,(H,31,35)/b29-15-/t17-/m0/s1. The normalized spacial score (nSPS) is 12.1. The number of benzene rings is 3. The third-order valence-electron chi connectivity index (χ3n) is 5.35. The van der Waals surface area contributed by atoms with Crippen LogP contribution < -0.4 is 10.7 Å². The molecule has 1 atom stereocenters. The SMILES string of the molecule is C=CCn1c(CNc2cccc3ccccc23)nnc1S[C@@H](C)C(=O)N/N=C\c1cc(Cl)ccc1O. The molecule has 4 aromatic rings. The van der Waals surface area contributed by atoms with Gasteiger partial charge in [-0.2, -0.15) is 5.10 Å². The first-order chi connectivity index (χ1) is 17.5. The molecule has 0 unspecified atom stereocenters. The number of allylic oxidation sites excluding steroid dienone is 1. The van der Waals surface area contributed by atoms with Crippen LogP contribution in [0, 0.1) is 0 Å². The number of nitrogens with zero attached hydrogens (tertiary/aromatic N) is 4. The number of halogens is 1. The van der Waals surface area contributed by atoms with Gasteiger partial charge < -0.3 is 15.0 Å². The molecule has 0 spiro atoms. The number of phenolic OH excluding ortho intramolecular Hbond substituents is 1. The molecule has 1 amide bonds. The van der Waals surface area contributed by atoms with E-state index in [0.29, 0.717) is 28.8 Å². The average Bonchev–Trinajstić information content (AvgIpc) is 3.25. The van der Waals surface area contributed by atoms with Crippen molar-refractivity contribution in [3.8, 4) is 5.75 Å². The van der Waals surface area contributed by atoms with Gasteiger partial charge in [-0.05, 0) is 36.6 Å². The van der Waals surface area contributed by atoms with Gasteiger partial charge in [0.05, 0.1) is 18.0 Å². The zero-order valence-corrected chi connectivity index (χ0v) is 21.1. The fraction of sp³-hybridized carbons (Fsp3) is 0.154. The summed E-state index contributed by atoms with van der Waals surface area (Å²) in [6.45, 7) is 6.56. The smallest absolute Gasteiger partial charge is 0.253 e. The molecule has 0 saturated carbocycles. The number of rotatable bonds is 10. The van der Waals surface area contributed by atoms with Crippen LogP contribution in [0.1, 0.15) is 18.3 Å². The summed E-state index contributed by atoms with van der Waals surface area (Å²) >= 11 is 7.21. The largest absolute Gasteiger partial charge is 0.507 e. The van der Waals surface area contributed by atoms with Gasteiger partial charge in [-0.15, -0.1) is 16.8 Å². The molecule has 1 heterocycles. The second kappa shape index (κ2) is 11.7. The first-order valence-corrected chi connectivity index (χ1v) is 12.4. The Labute approximate surface area is 218 Å². The molecule has 0 aliphatic carbocycles. The van der Waals surface area contributed by atoms with Crippen molar-refractivity contribution in [2.24, 2.45) is 5.10 Å². The average molecular weight is 521 g/mol. The molecule has 8 nitrogen and oxygen atoms in total. The molecule has 4 rings (SSSR count). The van der Waals surface area contributed by atoms with Crippen molar-refractivity contribution in [2.75, 3.05) is 5.32 Å². The molecule has 0 saturated heterocycles. The molecule has 184 valence electrons. The maximum absolute atomic E-state index is 12.6. The number of hydrogen-bond acceptors (Lipinski definition) is 7. The van der Waals surface area contributed by atoms with Crippen LogP contribution >= 0.6 is 23.4 Å². The quantitative estimate of drug-likeness (QED) is 0.115. The number of phenols is 1. The number of hydrogen-bond donors (Lipinski definition) is 3. The van der Waals surface area contributed by atoms with Crippen molar-refractivity contribution in [1.82, 2.24) is 20.2 Å². The van der Waals surface area contributed by atoms with Gasteiger partial charge in [-0.25, -0.2) is 5.43 Å². The van der Waals surface area contributed by atoms with Gasteiger partial charge in [-0.3, -0.25) is 4.79 Å². The number of anilines is 1. The Morgan fingerprint density at radius 2 is 2.03 bits per heavy atom. The van der Waals surface area contributed by atoms with E-state index in [-0.39, 0.29) is 11.7 Å². The second-order valence-corrected chi connectivity index (χ2v) is 9.62. The fourth-order valence-corrected chi connectivity index (χ4v) is 4.55. The summed E-state index contributed by atoms with van der Waals surface area (Å²) in [6.07, 6.45) is 3.11. The highest BCUT2D eigenvalue weighted by molar-refractivity contribution is 8.00. The van der Waals surface area contributed by atoms with Crippen LogP contribution in [0.2, 0.25) is 5.02 Å². The summed E-state index contributed by atoms with van der Waals surface area (Å²) in [5.74, 6) is 0.427. The van der Waals surface area contributed by atoms with Crippen LogP contribution in [-0.4, -0.2) is 37.2 Å². The molecule has 0 fully saturated rings. The molecule has 0 bridgehead atoms. The van der Waals surface area contributed by atoms with Gasteiger partial charge in [0.1, 0.15) is 5.75 Å². The Morgan fingerprint density at radius 3 is 2.86 bits per heavy atom. The van der Waals surface area contributed by atoms with E-state index in [9.17, 15) is 9.90 Å². The van der Waals surface area contributed by atoms with Crippen molar-refractivity contribution >= 4 is 51.9 Å². The first kappa shape index (κ1) is 25.3. The molecule has 10 heteroatoms. The summed E-state index contributed by atoms with van der Waals surface area (Å²) in [5, 5.41) is 28.7. The zero-order valence-electron chi connectivity index (χ0n) is 19.6. The van der Waals surface area contributed by atoms with E-state index < -0.39 is 5.25 Å². The van der Waals surface area contributed by atoms with E-state index in [1.807, 2.05) is 28.8 Å². The van der Waals surface area contributed by atoms with Crippen LogP contribution in [0.5, 0.6) is 5.75 Å². The van der Waals surface area contributed by atoms with Crippen molar-refractivity contribution in [3.05, 3.63) is 89.7 Å². The van der Waals surface area contributed by atoms with Crippen molar-refractivity contribution in [2.45, 2.75) is 30.4 Å². The lowest BCUT2D eigenvalue weighted by atomic mass is 10.1. The van der Waals surface area contributed by atoms with Crippen LogP contribution in [0.3, 0.4) is 0 Å². The maximum Gasteiger partial charge on any atom is 0.253 e. The van der Waals surface area contributed by atoms with E-state index in [1.165, 1.54) is 24.0 Å². The van der Waals surface area contributed by atoms with E-state index in [2.05, 4.69) is 50.8 Å². The lowest BCUT2D eigenvalue weighted by Crippen LogP contribution is -2.27. The van der Waals surface area contributed by atoms with Gasteiger partial charge >= 0.3 is 0 Å². The molecule has 36 heavy (non-hydrogen) atoms. The Hall–Kier alpha value is -3.82. The van der Waals surface area contributed by atoms with E-state index in [0.717, 1.165) is 22.3 Å². The molecule has 0 aliphatic rings. The van der Waals surface area contributed by atoms with Crippen LogP contribution in [-0.2, 0) is 17.9 Å². The number of aromatic hydroxyl groups is 1. The Balaban J connectivity index is 1.41. The third-order valence-corrected chi connectivity index (χ3v) is 6.67. The van der Waals surface area contributed by atoms with E-state index in [1.54, 1.807) is 25.1 Å². The molecule has 3 N–H and O–H groups in total. The summed E-state index contributed by atoms with van der Waals surface area (Å²) in [7, 11) is 0. The van der Waals surface area contributed by atoms with Crippen molar-refractivity contribution in [3.63, 3.8) is 0 Å². The number of hydrazone groups is 1. The predicted octanol–water partition coefficient (Wildman–Crippen LogP) is 5.22. The van der Waals surface area contributed by atoms with Gasteiger partial charge in [0.15, 0.2) is 11.0 Å². The zero-order chi connectivity index (χ0) is 25.5. The number of nitrogens with one attached hydrogen (secondary N) is 2. The molecule has 0 radical (unpaired) electrons. The minimum absolute atomic E-state index is 0.0157. The topological polar surface area (TPSA) is 104 Å².